The van der Waals surface area contributed by atoms with Crippen molar-refractivity contribution >= 4 is 11.9 Å². The topological polar surface area (TPSA) is 69.6 Å². The summed E-state index contributed by atoms with van der Waals surface area (Å²) < 4.78 is 13.0. The van der Waals surface area contributed by atoms with Gasteiger partial charge in [0, 0.05) is 6.04 Å². The number of nitrogens with zero attached hydrogens (tertiary/aromatic N) is 1. The van der Waals surface area contributed by atoms with E-state index in [0.29, 0.717) is 12.3 Å². The summed E-state index contributed by atoms with van der Waals surface area (Å²) in [7, 11) is 1.83. The average Bonchev–Trinajstić information content (AvgIpc) is 2.44. The van der Waals surface area contributed by atoms with Gasteiger partial charge in [0.1, 0.15) is 12.4 Å². The number of carbonyl (C=O) groups excluding carboxylic acids is 1. The molecule has 0 heterocycles. The Kier molecular flexibility index (Phi) is 6.98. The van der Waals surface area contributed by atoms with Gasteiger partial charge in [0.25, 0.3) is 0 Å². The Bertz CT molecular complexity index is 503. The molecule has 1 rings (SSSR count). The van der Waals surface area contributed by atoms with Crippen LogP contribution in [0.4, 0.5) is 4.39 Å². The number of hydrogen-bond donors (Lipinski definition) is 2. The predicted octanol–water partition coefficient (Wildman–Crippen LogP) is 1.53. The molecule has 1 aromatic rings. The summed E-state index contributed by atoms with van der Waals surface area (Å²) >= 11 is 0. The molecule has 6 heteroatoms. The molecule has 1 aromatic carbocycles. The number of rotatable bonds is 8. The Morgan fingerprint density at radius 3 is 2.36 bits per heavy atom. The van der Waals surface area contributed by atoms with Crippen LogP contribution in [-0.4, -0.2) is 48.1 Å². The van der Waals surface area contributed by atoms with Crippen LogP contribution in [0.1, 0.15) is 19.4 Å². The van der Waals surface area contributed by atoms with E-state index in [2.05, 4.69) is 19.2 Å². The summed E-state index contributed by atoms with van der Waals surface area (Å²) in [6.45, 7) is 3.86. The van der Waals surface area contributed by atoms with E-state index in [4.69, 9.17) is 5.11 Å². The molecule has 0 radical (unpaired) electrons. The number of nitrogens with one attached hydrogen (secondary N) is 1. The lowest BCUT2D eigenvalue weighted by Crippen LogP contribution is -2.44. The maximum absolute atomic E-state index is 13.0. The molecule has 2 N–H and O–H groups in total. The lowest BCUT2D eigenvalue weighted by molar-refractivity contribution is -0.138. The average molecular weight is 310 g/mol. The van der Waals surface area contributed by atoms with Crippen molar-refractivity contribution in [2.75, 3.05) is 20.1 Å². The number of halogens is 1. The smallest absolute Gasteiger partial charge is 0.322 e. The van der Waals surface area contributed by atoms with Crippen molar-refractivity contribution in [1.82, 2.24) is 10.2 Å². The molecule has 0 saturated heterocycles. The molecule has 0 spiro atoms. The van der Waals surface area contributed by atoms with Crippen molar-refractivity contribution < 1.29 is 19.1 Å². The fourth-order valence-electron chi connectivity index (χ4n) is 2.34. The molecule has 0 saturated carbocycles. The minimum Gasteiger partial charge on any atom is -0.480 e. The van der Waals surface area contributed by atoms with Crippen molar-refractivity contribution in [1.29, 1.82) is 0 Å². The first kappa shape index (κ1) is 18.1. The van der Waals surface area contributed by atoms with Gasteiger partial charge in [-0.05, 0) is 37.1 Å². The van der Waals surface area contributed by atoms with Crippen molar-refractivity contribution in [3.63, 3.8) is 0 Å². The standard InChI is InChI=1S/C16H23FN2O3/c1-11(2)14(8-12-4-6-13(17)7-5-12)19(3)10-15(20)18-9-16(21)22/h4-7,11,14H,8-10H2,1-3H3,(H,18,20)(H,21,22). The van der Waals surface area contributed by atoms with Crippen molar-refractivity contribution in [2.45, 2.75) is 26.3 Å². The Morgan fingerprint density at radius 2 is 1.86 bits per heavy atom. The molecular formula is C16H23FN2O3. The Hall–Kier alpha value is -1.95. The number of likely N-dealkylation sites (N-methyl/N-ethyl adjacent to an activating group) is 1. The van der Waals surface area contributed by atoms with Crippen LogP contribution in [0.2, 0.25) is 0 Å². The predicted molar refractivity (Wildman–Crippen MR) is 82.0 cm³/mol. The monoisotopic (exact) mass is 310 g/mol. The second-order valence-corrected chi connectivity index (χ2v) is 5.73. The van der Waals surface area contributed by atoms with Gasteiger partial charge < -0.3 is 10.4 Å². The minimum atomic E-state index is -1.07. The SMILES string of the molecule is CC(C)C(Cc1ccc(F)cc1)N(C)CC(=O)NCC(=O)O. The summed E-state index contributed by atoms with van der Waals surface area (Å²) in [6.07, 6.45) is 0.695. The Balaban J connectivity index is 2.63. The van der Waals surface area contributed by atoms with E-state index in [1.807, 2.05) is 11.9 Å². The van der Waals surface area contributed by atoms with Crippen LogP contribution in [0.25, 0.3) is 0 Å². The van der Waals surface area contributed by atoms with E-state index in [9.17, 15) is 14.0 Å². The van der Waals surface area contributed by atoms with Crippen LogP contribution in [0.3, 0.4) is 0 Å². The van der Waals surface area contributed by atoms with Gasteiger partial charge in [-0.1, -0.05) is 26.0 Å². The second kappa shape index (κ2) is 8.48. The highest BCUT2D eigenvalue weighted by Gasteiger charge is 2.21. The largest absolute Gasteiger partial charge is 0.480 e. The van der Waals surface area contributed by atoms with Crippen LogP contribution in [0, 0.1) is 11.7 Å². The van der Waals surface area contributed by atoms with Crippen LogP contribution in [0.5, 0.6) is 0 Å². The first-order valence-electron chi connectivity index (χ1n) is 7.22. The lowest BCUT2D eigenvalue weighted by atomic mass is 9.95. The third-order valence-electron chi connectivity index (χ3n) is 3.52. The van der Waals surface area contributed by atoms with Crippen molar-refractivity contribution in [2.24, 2.45) is 5.92 Å². The van der Waals surface area contributed by atoms with Crippen molar-refractivity contribution in [3.05, 3.63) is 35.6 Å². The van der Waals surface area contributed by atoms with Crippen LogP contribution in [-0.2, 0) is 16.0 Å². The van der Waals surface area contributed by atoms with Gasteiger partial charge in [-0.15, -0.1) is 0 Å². The highest BCUT2D eigenvalue weighted by molar-refractivity contribution is 5.82. The van der Waals surface area contributed by atoms with Gasteiger partial charge in [-0.3, -0.25) is 14.5 Å². The summed E-state index contributed by atoms with van der Waals surface area (Å²) in [6, 6.07) is 6.42. The summed E-state index contributed by atoms with van der Waals surface area (Å²) in [5.41, 5.74) is 0.998. The number of amides is 1. The van der Waals surface area contributed by atoms with Crippen LogP contribution in [0.15, 0.2) is 24.3 Å². The molecule has 0 aromatic heterocycles. The number of hydrogen-bond acceptors (Lipinski definition) is 3. The molecule has 0 aliphatic rings. The van der Waals surface area contributed by atoms with Gasteiger partial charge in [-0.25, -0.2) is 4.39 Å². The fourth-order valence-corrected chi connectivity index (χ4v) is 2.34. The second-order valence-electron chi connectivity index (χ2n) is 5.73. The molecule has 122 valence electrons. The van der Waals surface area contributed by atoms with Gasteiger partial charge in [0.15, 0.2) is 0 Å². The first-order valence-corrected chi connectivity index (χ1v) is 7.22. The Labute approximate surface area is 130 Å². The molecule has 22 heavy (non-hydrogen) atoms. The quantitative estimate of drug-likeness (QED) is 0.764. The van der Waals surface area contributed by atoms with Gasteiger partial charge in [0.05, 0.1) is 6.54 Å². The molecular weight excluding hydrogens is 287 g/mol. The maximum atomic E-state index is 13.0. The molecule has 1 atom stereocenters. The maximum Gasteiger partial charge on any atom is 0.322 e. The first-order chi connectivity index (χ1) is 10.3. The Morgan fingerprint density at radius 1 is 1.27 bits per heavy atom. The van der Waals surface area contributed by atoms with Crippen LogP contribution >= 0.6 is 0 Å². The highest BCUT2D eigenvalue weighted by Crippen LogP contribution is 2.16. The van der Waals surface area contributed by atoms with Crippen LogP contribution < -0.4 is 5.32 Å². The molecule has 1 amide bonds. The van der Waals surface area contributed by atoms with Gasteiger partial charge in [-0.2, -0.15) is 0 Å². The lowest BCUT2D eigenvalue weighted by Gasteiger charge is -2.31. The highest BCUT2D eigenvalue weighted by atomic mass is 19.1. The fraction of sp³-hybridized carbons (Fsp3) is 0.500. The van der Waals surface area contributed by atoms with E-state index >= 15 is 0 Å². The normalized spacial score (nSPS) is 12.5. The van der Waals surface area contributed by atoms with E-state index < -0.39 is 5.97 Å². The number of carboxylic acids is 1. The van der Waals surface area contributed by atoms with Gasteiger partial charge >= 0.3 is 5.97 Å². The molecule has 0 aliphatic carbocycles. The van der Waals surface area contributed by atoms with E-state index in [1.165, 1.54) is 12.1 Å². The van der Waals surface area contributed by atoms with E-state index in [0.717, 1.165) is 5.56 Å². The van der Waals surface area contributed by atoms with Crippen molar-refractivity contribution in [3.8, 4) is 0 Å². The summed E-state index contributed by atoms with van der Waals surface area (Å²) in [5, 5.41) is 10.9. The summed E-state index contributed by atoms with van der Waals surface area (Å²) in [4.78, 5) is 24.1. The van der Waals surface area contributed by atoms with Gasteiger partial charge in [0.2, 0.25) is 5.91 Å². The van der Waals surface area contributed by atoms with E-state index in [-0.39, 0.29) is 30.9 Å². The number of benzene rings is 1. The number of carboxylic acid groups (broad SMARTS) is 1. The third-order valence-corrected chi connectivity index (χ3v) is 3.52. The number of carbonyl (C=O) groups is 2. The molecule has 0 fully saturated rings. The third kappa shape index (κ3) is 6.22. The molecule has 0 bridgehead atoms. The zero-order valence-electron chi connectivity index (χ0n) is 13.2. The minimum absolute atomic E-state index is 0.0982. The number of aliphatic carboxylic acids is 1. The zero-order chi connectivity index (χ0) is 16.7. The molecule has 0 aliphatic heterocycles. The van der Waals surface area contributed by atoms with E-state index in [1.54, 1.807) is 12.1 Å². The summed E-state index contributed by atoms with van der Waals surface area (Å²) in [5.74, 6) is -1.37. The zero-order valence-corrected chi connectivity index (χ0v) is 13.2. The molecule has 5 nitrogen and oxygen atoms in total. The molecule has 1 unspecified atom stereocenters.